The first-order valence-electron chi connectivity index (χ1n) is 4.95. The number of hydroxylamine groups is 1. The van der Waals surface area contributed by atoms with E-state index in [-0.39, 0.29) is 12.0 Å². The van der Waals surface area contributed by atoms with Crippen LogP contribution in [0.3, 0.4) is 0 Å². The van der Waals surface area contributed by atoms with Crippen molar-refractivity contribution in [2.24, 2.45) is 0 Å². The highest BCUT2D eigenvalue weighted by molar-refractivity contribution is 5.75. The first-order valence-corrected chi connectivity index (χ1v) is 4.95. The summed E-state index contributed by atoms with van der Waals surface area (Å²) >= 11 is 0. The Morgan fingerprint density at radius 2 is 2.00 bits per heavy atom. The second kappa shape index (κ2) is 8.93. The Kier molecular flexibility index (Phi) is 8.51. The molecule has 5 nitrogen and oxygen atoms in total. The molecule has 0 spiro atoms. The summed E-state index contributed by atoms with van der Waals surface area (Å²) in [6, 6.07) is -0.209. The van der Waals surface area contributed by atoms with Crippen molar-refractivity contribution in [3.63, 3.8) is 0 Å². The van der Waals surface area contributed by atoms with Crippen molar-refractivity contribution in [2.45, 2.75) is 25.3 Å². The summed E-state index contributed by atoms with van der Waals surface area (Å²) in [5.74, 6) is -0.251. The summed E-state index contributed by atoms with van der Waals surface area (Å²) < 4.78 is 0. The van der Waals surface area contributed by atoms with E-state index in [0.717, 1.165) is 25.8 Å². The molecular formula is C9H21N3O2. The Labute approximate surface area is 85.5 Å². The number of unbranched alkanes of at least 4 members (excludes halogenated alkanes) is 1. The number of nitrogens with one attached hydrogen (secondary N) is 3. The van der Waals surface area contributed by atoms with Crippen LogP contribution in [0.15, 0.2) is 0 Å². The van der Waals surface area contributed by atoms with Crippen molar-refractivity contribution in [1.29, 1.82) is 0 Å². The summed E-state index contributed by atoms with van der Waals surface area (Å²) in [5, 5.41) is 5.99. The highest BCUT2D eigenvalue weighted by atomic mass is 16.7. The number of hydrogen-bond donors (Lipinski definition) is 3. The smallest absolute Gasteiger partial charge is 0.341 e. The molecule has 0 saturated carbocycles. The minimum absolute atomic E-state index is 0.209. The molecule has 0 aliphatic heterocycles. The van der Waals surface area contributed by atoms with Crippen LogP contribution in [0.1, 0.15) is 19.3 Å². The van der Waals surface area contributed by atoms with Crippen molar-refractivity contribution in [1.82, 2.24) is 16.1 Å². The third-order valence-corrected chi connectivity index (χ3v) is 2.01. The molecule has 0 aliphatic carbocycles. The summed E-state index contributed by atoms with van der Waals surface area (Å²) in [7, 11) is 5.26. The maximum atomic E-state index is 11.3. The molecule has 0 rings (SSSR count). The number of carbonyl (C=O) groups is 1. The van der Waals surface area contributed by atoms with Gasteiger partial charge in [0, 0.05) is 7.05 Å². The third-order valence-electron chi connectivity index (χ3n) is 2.01. The Bertz CT molecular complexity index is 153. The molecule has 84 valence electrons. The van der Waals surface area contributed by atoms with Crippen LogP contribution in [0.25, 0.3) is 0 Å². The minimum atomic E-state index is -0.251. The van der Waals surface area contributed by atoms with Crippen molar-refractivity contribution >= 4 is 5.97 Å². The summed E-state index contributed by atoms with van der Waals surface area (Å²) in [4.78, 5) is 16.0. The molecule has 0 amide bonds. The highest BCUT2D eigenvalue weighted by Gasteiger charge is 2.16. The lowest BCUT2D eigenvalue weighted by Crippen LogP contribution is -2.37. The summed E-state index contributed by atoms with van der Waals surface area (Å²) in [6.07, 6.45) is 2.88. The van der Waals surface area contributed by atoms with Crippen molar-refractivity contribution in [3.05, 3.63) is 0 Å². The van der Waals surface area contributed by atoms with E-state index >= 15 is 0 Å². The van der Waals surface area contributed by atoms with Gasteiger partial charge in [0.25, 0.3) is 0 Å². The van der Waals surface area contributed by atoms with Crippen LogP contribution >= 0.6 is 0 Å². The predicted octanol–water partition coefficient (Wildman–Crippen LogP) is -0.358. The van der Waals surface area contributed by atoms with E-state index in [4.69, 9.17) is 0 Å². The Morgan fingerprint density at radius 3 is 2.50 bits per heavy atom. The van der Waals surface area contributed by atoms with Crippen molar-refractivity contribution < 1.29 is 9.63 Å². The fourth-order valence-corrected chi connectivity index (χ4v) is 1.20. The molecule has 0 fully saturated rings. The Balaban J connectivity index is 3.62. The summed E-state index contributed by atoms with van der Waals surface area (Å²) in [6.45, 7) is 0.984. The van der Waals surface area contributed by atoms with Gasteiger partial charge in [-0.05, 0) is 33.5 Å². The van der Waals surface area contributed by atoms with Gasteiger partial charge in [0.05, 0.1) is 0 Å². The molecule has 14 heavy (non-hydrogen) atoms. The second-order valence-corrected chi connectivity index (χ2v) is 3.07. The zero-order chi connectivity index (χ0) is 10.8. The van der Waals surface area contributed by atoms with Crippen molar-refractivity contribution in [3.8, 4) is 0 Å². The van der Waals surface area contributed by atoms with Crippen LogP contribution < -0.4 is 16.1 Å². The van der Waals surface area contributed by atoms with E-state index < -0.39 is 0 Å². The molecular weight excluding hydrogens is 182 g/mol. The molecule has 0 aromatic carbocycles. The van der Waals surface area contributed by atoms with E-state index in [1.807, 2.05) is 7.05 Å². The van der Waals surface area contributed by atoms with Crippen molar-refractivity contribution in [2.75, 3.05) is 27.7 Å². The number of carbonyl (C=O) groups excluding carboxylic acids is 1. The molecule has 0 heterocycles. The lowest BCUT2D eigenvalue weighted by Gasteiger charge is -2.13. The monoisotopic (exact) mass is 203 g/mol. The lowest BCUT2D eigenvalue weighted by molar-refractivity contribution is -0.152. The van der Waals surface area contributed by atoms with Gasteiger partial charge >= 0.3 is 5.97 Å². The average molecular weight is 203 g/mol. The maximum absolute atomic E-state index is 11.3. The standard InChI is InChI=1S/C9H21N3O2/c1-10-7-5-4-6-8(11-2)9(13)14-12-3/h8,10-12H,4-7H2,1-3H3. The summed E-state index contributed by atoms with van der Waals surface area (Å²) in [5.41, 5.74) is 2.38. The zero-order valence-electron chi connectivity index (χ0n) is 9.22. The quantitative estimate of drug-likeness (QED) is 0.371. The fraction of sp³-hybridized carbons (Fsp3) is 0.889. The molecule has 1 atom stereocenters. The molecule has 0 aliphatic rings. The van der Waals surface area contributed by atoms with Gasteiger partial charge in [-0.2, -0.15) is 5.48 Å². The second-order valence-electron chi connectivity index (χ2n) is 3.07. The van der Waals surface area contributed by atoms with E-state index in [2.05, 4.69) is 21.0 Å². The Hall–Kier alpha value is -0.650. The molecule has 3 N–H and O–H groups in total. The maximum Gasteiger partial charge on any atom is 0.341 e. The molecule has 5 heteroatoms. The lowest BCUT2D eigenvalue weighted by atomic mass is 10.1. The van der Waals surface area contributed by atoms with Crippen LogP contribution in [0, 0.1) is 0 Å². The zero-order valence-corrected chi connectivity index (χ0v) is 9.22. The van der Waals surface area contributed by atoms with Crippen LogP contribution in [0.5, 0.6) is 0 Å². The topological polar surface area (TPSA) is 62.4 Å². The van der Waals surface area contributed by atoms with E-state index in [0.29, 0.717) is 0 Å². The molecule has 0 saturated heterocycles. The molecule has 0 aromatic rings. The number of rotatable bonds is 8. The van der Waals surface area contributed by atoms with Crippen LogP contribution in [0.2, 0.25) is 0 Å². The van der Waals surface area contributed by atoms with Crippen LogP contribution in [-0.2, 0) is 9.63 Å². The van der Waals surface area contributed by atoms with Crippen LogP contribution in [-0.4, -0.2) is 39.7 Å². The molecule has 0 aromatic heterocycles. The largest absolute Gasteiger partial charge is 0.370 e. The molecule has 1 unspecified atom stereocenters. The van der Waals surface area contributed by atoms with Gasteiger partial charge in [0.2, 0.25) is 0 Å². The van der Waals surface area contributed by atoms with Gasteiger partial charge in [-0.3, -0.25) is 0 Å². The first-order chi connectivity index (χ1) is 6.76. The van der Waals surface area contributed by atoms with Gasteiger partial charge in [0.15, 0.2) is 0 Å². The number of hydrogen-bond acceptors (Lipinski definition) is 5. The molecule has 0 radical (unpaired) electrons. The minimum Gasteiger partial charge on any atom is -0.370 e. The normalized spacial score (nSPS) is 12.5. The van der Waals surface area contributed by atoms with E-state index in [1.54, 1.807) is 14.1 Å². The fourth-order valence-electron chi connectivity index (χ4n) is 1.20. The number of likely N-dealkylation sites (N-methyl/N-ethyl adjacent to an activating group) is 1. The predicted molar refractivity (Wildman–Crippen MR) is 55.8 cm³/mol. The Morgan fingerprint density at radius 1 is 1.29 bits per heavy atom. The van der Waals surface area contributed by atoms with Gasteiger partial charge in [-0.25, -0.2) is 4.79 Å². The van der Waals surface area contributed by atoms with Gasteiger partial charge in [-0.1, -0.05) is 6.42 Å². The molecule has 0 bridgehead atoms. The third kappa shape index (κ3) is 5.90. The first kappa shape index (κ1) is 13.4. The highest BCUT2D eigenvalue weighted by Crippen LogP contribution is 2.01. The van der Waals surface area contributed by atoms with Crippen LogP contribution in [0.4, 0.5) is 0 Å². The average Bonchev–Trinajstić information content (AvgIpc) is 2.18. The van der Waals surface area contributed by atoms with E-state index in [9.17, 15) is 4.79 Å². The van der Waals surface area contributed by atoms with E-state index in [1.165, 1.54) is 0 Å². The SMILES string of the molecule is CNCCCCC(NC)C(=O)ONC. The van der Waals surface area contributed by atoms with Gasteiger partial charge in [-0.15, -0.1) is 0 Å². The van der Waals surface area contributed by atoms with Gasteiger partial charge < -0.3 is 15.5 Å². The van der Waals surface area contributed by atoms with Gasteiger partial charge in [0.1, 0.15) is 6.04 Å².